The highest BCUT2D eigenvalue weighted by atomic mass is 19.1. The summed E-state index contributed by atoms with van der Waals surface area (Å²) in [4.78, 5) is 17.3. The smallest absolute Gasteiger partial charge is 0.335 e. The number of pyridine rings is 1. The van der Waals surface area contributed by atoms with Crippen LogP contribution in [-0.4, -0.2) is 23.1 Å². The number of nitrogens with zero attached hydrogens (tertiary/aromatic N) is 2. The maximum absolute atomic E-state index is 12.9. The average Bonchev–Trinajstić information content (AvgIpc) is 2.46. The van der Waals surface area contributed by atoms with Crippen LogP contribution in [-0.2, 0) is 6.42 Å². The third kappa shape index (κ3) is 2.93. The van der Waals surface area contributed by atoms with Gasteiger partial charge in [0, 0.05) is 18.4 Å². The molecular formula is C15H15FN2O2. The zero-order chi connectivity index (χ0) is 14.7. The van der Waals surface area contributed by atoms with Gasteiger partial charge in [0.2, 0.25) is 0 Å². The minimum Gasteiger partial charge on any atom is -0.478 e. The summed E-state index contributed by atoms with van der Waals surface area (Å²) in [5.74, 6) is -0.784. The second-order valence-corrected chi connectivity index (χ2v) is 4.40. The molecule has 0 amide bonds. The van der Waals surface area contributed by atoms with Crippen LogP contribution in [0.3, 0.4) is 0 Å². The van der Waals surface area contributed by atoms with Crippen LogP contribution < -0.4 is 4.90 Å². The molecule has 4 nitrogen and oxygen atoms in total. The van der Waals surface area contributed by atoms with Gasteiger partial charge in [-0.15, -0.1) is 0 Å². The normalized spacial score (nSPS) is 10.3. The van der Waals surface area contributed by atoms with Crippen LogP contribution in [0, 0.1) is 5.82 Å². The van der Waals surface area contributed by atoms with E-state index >= 15 is 0 Å². The van der Waals surface area contributed by atoms with E-state index in [0.717, 1.165) is 5.69 Å². The minimum atomic E-state index is -0.990. The molecule has 0 spiro atoms. The van der Waals surface area contributed by atoms with Crippen LogP contribution in [0.25, 0.3) is 0 Å². The Morgan fingerprint density at radius 3 is 2.50 bits per heavy atom. The Hall–Kier alpha value is -2.43. The largest absolute Gasteiger partial charge is 0.478 e. The van der Waals surface area contributed by atoms with Crippen molar-refractivity contribution in [2.75, 3.05) is 11.9 Å². The summed E-state index contributed by atoms with van der Waals surface area (Å²) in [7, 11) is 1.76. The van der Waals surface area contributed by atoms with Crippen LogP contribution in [0.5, 0.6) is 0 Å². The Morgan fingerprint density at radius 1 is 1.30 bits per heavy atom. The number of hydrogen-bond donors (Lipinski definition) is 1. The first-order chi connectivity index (χ1) is 9.51. The molecule has 0 atom stereocenters. The molecule has 0 aliphatic rings. The van der Waals surface area contributed by atoms with Crippen LogP contribution >= 0.6 is 0 Å². The van der Waals surface area contributed by atoms with Crippen molar-refractivity contribution in [3.8, 4) is 0 Å². The van der Waals surface area contributed by atoms with E-state index in [1.54, 1.807) is 30.1 Å². The Morgan fingerprint density at radius 2 is 1.95 bits per heavy atom. The SMILES string of the molecule is CCc1cc(C(=O)O)cc(N(C)c2ccc(F)cc2)n1. The number of aryl methyl sites for hydroxylation is 1. The van der Waals surface area contributed by atoms with Gasteiger partial charge < -0.3 is 10.0 Å². The van der Waals surface area contributed by atoms with Crippen molar-refractivity contribution < 1.29 is 14.3 Å². The van der Waals surface area contributed by atoms with Crippen molar-refractivity contribution in [1.29, 1.82) is 0 Å². The Balaban J connectivity index is 2.42. The number of aromatic nitrogens is 1. The highest BCUT2D eigenvalue weighted by Crippen LogP contribution is 2.23. The first kappa shape index (κ1) is 14.0. The molecule has 104 valence electrons. The lowest BCUT2D eigenvalue weighted by molar-refractivity contribution is 0.0696. The third-order valence-corrected chi connectivity index (χ3v) is 3.03. The molecule has 1 heterocycles. The molecule has 1 N–H and O–H groups in total. The van der Waals surface area contributed by atoms with Gasteiger partial charge in [-0.05, 0) is 42.8 Å². The van der Waals surface area contributed by atoms with Crippen molar-refractivity contribution >= 4 is 17.5 Å². The molecule has 0 unspecified atom stereocenters. The standard InChI is InChI=1S/C15H15FN2O2/c1-3-12-8-10(15(19)20)9-14(17-12)18(2)13-6-4-11(16)5-7-13/h4-9H,3H2,1-2H3,(H,19,20). The first-order valence-corrected chi connectivity index (χ1v) is 6.25. The fraction of sp³-hybridized carbons (Fsp3) is 0.200. The summed E-state index contributed by atoms with van der Waals surface area (Å²) in [5, 5.41) is 9.12. The molecule has 0 radical (unpaired) electrons. The maximum atomic E-state index is 12.9. The Labute approximate surface area is 116 Å². The van der Waals surface area contributed by atoms with Crippen molar-refractivity contribution in [2.45, 2.75) is 13.3 Å². The highest BCUT2D eigenvalue weighted by molar-refractivity contribution is 5.89. The number of hydrogen-bond acceptors (Lipinski definition) is 3. The van der Waals surface area contributed by atoms with Crippen molar-refractivity contribution in [2.24, 2.45) is 0 Å². The molecule has 0 fully saturated rings. The number of benzene rings is 1. The second-order valence-electron chi connectivity index (χ2n) is 4.40. The van der Waals surface area contributed by atoms with Crippen LogP contribution in [0.2, 0.25) is 0 Å². The van der Waals surface area contributed by atoms with Crippen molar-refractivity contribution in [3.05, 3.63) is 53.5 Å². The molecule has 0 saturated heterocycles. The number of halogens is 1. The highest BCUT2D eigenvalue weighted by Gasteiger charge is 2.12. The quantitative estimate of drug-likeness (QED) is 0.929. The number of carboxylic acids is 1. The van der Waals surface area contributed by atoms with E-state index in [0.29, 0.717) is 17.9 Å². The topological polar surface area (TPSA) is 53.4 Å². The number of carbonyl (C=O) groups is 1. The molecule has 0 saturated carbocycles. The van der Waals surface area contributed by atoms with E-state index in [4.69, 9.17) is 5.11 Å². The molecule has 1 aromatic heterocycles. The van der Waals surface area contributed by atoms with Gasteiger partial charge in [-0.25, -0.2) is 14.2 Å². The molecule has 1 aromatic carbocycles. The molecule has 2 aromatic rings. The molecule has 2 rings (SSSR count). The van der Waals surface area contributed by atoms with Crippen molar-refractivity contribution in [3.63, 3.8) is 0 Å². The summed E-state index contributed by atoms with van der Waals surface area (Å²) in [6.07, 6.45) is 0.644. The predicted molar refractivity (Wildman–Crippen MR) is 75.0 cm³/mol. The van der Waals surface area contributed by atoms with Crippen molar-refractivity contribution in [1.82, 2.24) is 4.98 Å². The summed E-state index contributed by atoms with van der Waals surface area (Å²) in [5.41, 5.74) is 1.64. The predicted octanol–water partition coefficient (Wildman–Crippen LogP) is 3.25. The molecular weight excluding hydrogens is 259 g/mol. The van der Waals surface area contributed by atoms with Gasteiger partial charge in [-0.2, -0.15) is 0 Å². The fourth-order valence-corrected chi connectivity index (χ4v) is 1.85. The molecule has 0 aliphatic carbocycles. The van der Waals surface area contributed by atoms with E-state index < -0.39 is 5.97 Å². The van der Waals surface area contributed by atoms with Gasteiger partial charge in [0.25, 0.3) is 0 Å². The Bertz CT molecular complexity index is 626. The van der Waals surface area contributed by atoms with Gasteiger partial charge in [0.05, 0.1) is 5.56 Å². The lowest BCUT2D eigenvalue weighted by Gasteiger charge is -2.19. The monoisotopic (exact) mass is 274 g/mol. The molecule has 0 aliphatic heterocycles. The molecule has 0 bridgehead atoms. The van der Waals surface area contributed by atoms with Gasteiger partial charge >= 0.3 is 5.97 Å². The second kappa shape index (κ2) is 5.69. The lowest BCUT2D eigenvalue weighted by Crippen LogP contribution is -2.13. The van der Waals surface area contributed by atoms with Gasteiger partial charge in [-0.1, -0.05) is 6.92 Å². The van der Waals surface area contributed by atoms with Crippen LogP contribution in [0.4, 0.5) is 15.9 Å². The number of rotatable bonds is 4. The summed E-state index contributed by atoms with van der Waals surface area (Å²) >= 11 is 0. The van der Waals surface area contributed by atoms with Crippen LogP contribution in [0.1, 0.15) is 23.0 Å². The van der Waals surface area contributed by atoms with Crippen LogP contribution in [0.15, 0.2) is 36.4 Å². The average molecular weight is 274 g/mol. The Kier molecular flexibility index (Phi) is 3.98. The first-order valence-electron chi connectivity index (χ1n) is 6.25. The molecule has 20 heavy (non-hydrogen) atoms. The lowest BCUT2D eigenvalue weighted by atomic mass is 10.2. The number of carboxylic acid groups (broad SMARTS) is 1. The number of aromatic carboxylic acids is 1. The summed E-state index contributed by atoms with van der Waals surface area (Å²) in [6.45, 7) is 1.91. The van der Waals surface area contributed by atoms with E-state index in [1.807, 2.05) is 6.92 Å². The number of anilines is 2. The summed E-state index contributed by atoms with van der Waals surface area (Å²) in [6, 6.07) is 9.02. The zero-order valence-electron chi connectivity index (χ0n) is 11.3. The third-order valence-electron chi connectivity index (χ3n) is 3.03. The van der Waals surface area contributed by atoms with E-state index in [1.165, 1.54) is 18.2 Å². The molecule has 5 heteroatoms. The van der Waals surface area contributed by atoms with Gasteiger partial charge in [0.15, 0.2) is 0 Å². The van der Waals surface area contributed by atoms with E-state index in [2.05, 4.69) is 4.98 Å². The minimum absolute atomic E-state index is 0.195. The zero-order valence-corrected chi connectivity index (χ0v) is 11.3. The van der Waals surface area contributed by atoms with Gasteiger partial charge in [0.1, 0.15) is 11.6 Å². The fourth-order valence-electron chi connectivity index (χ4n) is 1.85. The van der Waals surface area contributed by atoms with E-state index in [9.17, 15) is 9.18 Å². The maximum Gasteiger partial charge on any atom is 0.335 e. The van der Waals surface area contributed by atoms with E-state index in [-0.39, 0.29) is 11.4 Å². The van der Waals surface area contributed by atoms with Gasteiger partial charge in [-0.3, -0.25) is 0 Å². The summed E-state index contributed by atoms with van der Waals surface area (Å²) < 4.78 is 12.9.